The standard InChI is InChI=1S/C10H14O2/c1-3-6-10(2)7-8(11)4-5-9(10)12/h3-7,9,11-12H,1-2H3. The van der Waals surface area contributed by atoms with E-state index in [0.29, 0.717) is 0 Å². The van der Waals surface area contributed by atoms with Crippen molar-refractivity contribution in [2.75, 3.05) is 0 Å². The van der Waals surface area contributed by atoms with Crippen molar-refractivity contribution in [3.8, 4) is 0 Å². The predicted octanol–water partition coefficient (Wildman–Crippen LogP) is 1.94. The summed E-state index contributed by atoms with van der Waals surface area (Å²) < 4.78 is 0. The summed E-state index contributed by atoms with van der Waals surface area (Å²) >= 11 is 0. The molecule has 0 fully saturated rings. The van der Waals surface area contributed by atoms with Crippen molar-refractivity contribution in [2.24, 2.45) is 5.41 Å². The zero-order chi connectivity index (χ0) is 9.19. The van der Waals surface area contributed by atoms with Crippen molar-refractivity contribution in [3.05, 3.63) is 36.1 Å². The van der Waals surface area contributed by atoms with Crippen LogP contribution in [0.25, 0.3) is 0 Å². The molecule has 0 aromatic rings. The lowest BCUT2D eigenvalue weighted by Gasteiger charge is -2.28. The normalized spacial score (nSPS) is 35.6. The van der Waals surface area contributed by atoms with Crippen LogP contribution in [0.3, 0.4) is 0 Å². The van der Waals surface area contributed by atoms with Gasteiger partial charge >= 0.3 is 0 Å². The highest BCUT2D eigenvalue weighted by Crippen LogP contribution is 2.30. The monoisotopic (exact) mass is 166 g/mol. The van der Waals surface area contributed by atoms with Crippen LogP contribution >= 0.6 is 0 Å². The molecule has 2 atom stereocenters. The van der Waals surface area contributed by atoms with Gasteiger partial charge in [0.05, 0.1) is 6.10 Å². The number of allylic oxidation sites excluding steroid dienone is 2. The highest BCUT2D eigenvalue weighted by molar-refractivity contribution is 5.28. The lowest BCUT2D eigenvalue weighted by molar-refractivity contribution is 0.138. The van der Waals surface area contributed by atoms with Crippen LogP contribution in [0.15, 0.2) is 36.1 Å². The van der Waals surface area contributed by atoms with Crippen LogP contribution in [0.1, 0.15) is 13.8 Å². The molecule has 0 bridgehead atoms. The lowest BCUT2D eigenvalue weighted by atomic mass is 9.80. The maximum absolute atomic E-state index is 9.58. The Morgan fingerprint density at radius 3 is 2.83 bits per heavy atom. The van der Waals surface area contributed by atoms with Gasteiger partial charge in [0.15, 0.2) is 0 Å². The first kappa shape index (κ1) is 9.07. The summed E-state index contributed by atoms with van der Waals surface area (Å²) in [5, 5.41) is 18.8. The molecule has 0 saturated heterocycles. The topological polar surface area (TPSA) is 40.5 Å². The van der Waals surface area contributed by atoms with Crippen molar-refractivity contribution in [1.29, 1.82) is 0 Å². The first-order valence-electron chi connectivity index (χ1n) is 4.00. The van der Waals surface area contributed by atoms with Gasteiger partial charge in [-0.05, 0) is 26.0 Å². The Balaban J connectivity index is 2.96. The van der Waals surface area contributed by atoms with Crippen molar-refractivity contribution in [3.63, 3.8) is 0 Å². The molecule has 12 heavy (non-hydrogen) atoms. The fraction of sp³-hybridized carbons (Fsp3) is 0.400. The molecular formula is C10H14O2. The first-order valence-corrected chi connectivity index (χ1v) is 4.00. The van der Waals surface area contributed by atoms with Crippen LogP contribution in [0.5, 0.6) is 0 Å². The van der Waals surface area contributed by atoms with Crippen molar-refractivity contribution >= 4 is 0 Å². The van der Waals surface area contributed by atoms with E-state index in [-0.39, 0.29) is 5.76 Å². The maximum Gasteiger partial charge on any atom is 0.112 e. The van der Waals surface area contributed by atoms with Gasteiger partial charge < -0.3 is 10.2 Å². The van der Waals surface area contributed by atoms with Gasteiger partial charge in [0.25, 0.3) is 0 Å². The second-order valence-corrected chi connectivity index (χ2v) is 3.24. The molecule has 2 heteroatoms. The highest BCUT2D eigenvalue weighted by atomic mass is 16.3. The van der Waals surface area contributed by atoms with E-state index in [1.807, 2.05) is 26.0 Å². The van der Waals surface area contributed by atoms with E-state index in [4.69, 9.17) is 0 Å². The summed E-state index contributed by atoms with van der Waals surface area (Å²) in [7, 11) is 0. The van der Waals surface area contributed by atoms with E-state index < -0.39 is 11.5 Å². The Morgan fingerprint density at radius 2 is 2.25 bits per heavy atom. The van der Waals surface area contributed by atoms with Crippen molar-refractivity contribution < 1.29 is 10.2 Å². The molecule has 66 valence electrons. The molecular weight excluding hydrogens is 152 g/mol. The molecule has 0 aliphatic heterocycles. The van der Waals surface area contributed by atoms with Crippen LogP contribution in [-0.2, 0) is 0 Å². The van der Waals surface area contributed by atoms with Gasteiger partial charge in [0.2, 0.25) is 0 Å². The number of rotatable bonds is 1. The summed E-state index contributed by atoms with van der Waals surface area (Å²) in [6, 6.07) is 0. The molecule has 1 aliphatic carbocycles. The van der Waals surface area contributed by atoms with E-state index in [1.54, 1.807) is 12.2 Å². The third kappa shape index (κ3) is 1.59. The minimum atomic E-state index is -0.551. The van der Waals surface area contributed by atoms with Gasteiger partial charge in [-0.2, -0.15) is 0 Å². The van der Waals surface area contributed by atoms with Gasteiger partial charge in [-0.25, -0.2) is 0 Å². The summed E-state index contributed by atoms with van der Waals surface area (Å²) in [6.07, 6.45) is 7.94. The second-order valence-electron chi connectivity index (χ2n) is 3.24. The zero-order valence-corrected chi connectivity index (χ0v) is 7.36. The average molecular weight is 166 g/mol. The smallest absolute Gasteiger partial charge is 0.112 e. The lowest BCUT2D eigenvalue weighted by Crippen LogP contribution is -2.29. The van der Waals surface area contributed by atoms with Crippen molar-refractivity contribution in [2.45, 2.75) is 20.0 Å². The molecule has 0 aromatic carbocycles. The van der Waals surface area contributed by atoms with Gasteiger partial charge in [0.1, 0.15) is 5.76 Å². The number of aliphatic hydroxyl groups excluding tert-OH is 2. The predicted molar refractivity (Wildman–Crippen MR) is 48.8 cm³/mol. The van der Waals surface area contributed by atoms with E-state index in [9.17, 15) is 10.2 Å². The van der Waals surface area contributed by atoms with Gasteiger partial charge in [0, 0.05) is 5.41 Å². The Labute approximate surface area is 72.5 Å². The summed E-state index contributed by atoms with van der Waals surface area (Å²) in [6.45, 7) is 3.76. The number of aliphatic hydroxyl groups is 2. The molecule has 2 N–H and O–H groups in total. The van der Waals surface area contributed by atoms with E-state index in [0.717, 1.165) is 0 Å². The minimum absolute atomic E-state index is 0.209. The Morgan fingerprint density at radius 1 is 1.58 bits per heavy atom. The quantitative estimate of drug-likeness (QED) is 0.584. The van der Waals surface area contributed by atoms with E-state index >= 15 is 0 Å². The average Bonchev–Trinajstić information content (AvgIpc) is 1.98. The highest BCUT2D eigenvalue weighted by Gasteiger charge is 2.28. The van der Waals surface area contributed by atoms with E-state index in [1.165, 1.54) is 6.08 Å². The van der Waals surface area contributed by atoms with Crippen LogP contribution in [0, 0.1) is 5.41 Å². The van der Waals surface area contributed by atoms with Crippen molar-refractivity contribution in [1.82, 2.24) is 0 Å². The Hall–Kier alpha value is -1.02. The SMILES string of the molecule is CC=CC1(C)C=C(O)C=CC1O. The summed E-state index contributed by atoms with van der Waals surface area (Å²) in [4.78, 5) is 0. The molecule has 1 rings (SSSR count). The molecule has 1 aliphatic rings. The molecule has 0 radical (unpaired) electrons. The molecule has 0 aromatic heterocycles. The van der Waals surface area contributed by atoms with Gasteiger partial charge in [-0.1, -0.05) is 18.2 Å². The van der Waals surface area contributed by atoms with Crippen LogP contribution < -0.4 is 0 Å². The Kier molecular flexibility index (Phi) is 2.38. The summed E-state index contributed by atoms with van der Waals surface area (Å²) in [5.41, 5.74) is -0.465. The third-order valence-corrected chi connectivity index (χ3v) is 2.07. The third-order valence-electron chi connectivity index (χ3n) is 2.07. The van der Waals surface area contributed by atoms with Gasteiger partial charge in [-0.3, -0.25) is 0 Å². The summed E-state index contributed by atoms with van der Waals surface area (Å²) in [5.74, 6) is 0.209. The van der Waals surface area contributed by atoms with E-state index in [2.05, 4.69) is 0 Å². The maximum atomic E-state index is 9.58. The number of hydrogen-bond acceptors (Lipinski definition) is 2. The van der Waals surface area contributed by atoms with Crippen LogP contribution in [-0.4, -0.2) is 16.3 Å². The molecule has 0 saturated carbocycles. The molecule has 0 spiro atoms. The Bertz CT molecular complexity index is 251. The fourth-order valence-electron chi connectivity index (χ4n) is 1.36. The molecule has 2 unspecified atom stereocenters. The zero-order valence-electron chi connectivity index (χ0n) is 7.36. The molecule has 0 amide bonds. The largest absolute Gasteiger partial charge is 0.508 e. The molecule has 0 heterocycles. The van der Waals surface area contributed by atoms with Gasteiger partial charge in [-0.15, -0.1) is 0 Å². The fourth-order valence-corrected chi connectivity index (χ4v) is 1.36. The second kappa shape index (κ2) is 3.15. The number of hydrogen-bond donors (Lipinski definition) is 2. The van der Waals surface area contributed by atoms with Crippen LogP contribution in [0.4, 0.5) is 0 Å². The molecule has 2 nitrogen and oxygen atoms in total. The first-order chi connectivity index (χ1) is 5.58. The van der Waals surface area contributed by atoms with Crippen LogP contribution in [0.2, 0.25) is 0 Å². The minimum Gasteiger partial charge on any atom is -0.508 e.